The lowest BCUT2D eigenvalue weighted by molar-refractivity contribution is -0.162. The first-order chi connectivity index (χ1) is 15.3. The summed E-state index contributed by atoms with van der Waals surface area (Å²) in [6.45, 7) is 1.37. The number of benzene rings is 3. The topological polar surface area (TPSA) is 119 Å². The molecule has 3 rings (SSSR count). The van der Waals surface area contributed by atoms with Crippen LogP contribution in [0.1, 0.15) is 17.3 Å². The number of fused-ring (bicyclic) bond motifs is 2. The third kappa shape index (κ3) is 4.25. The van der Waals surface area contributed by atoms with Crippen molar-refractivity contribution in [3.63, 3.8) is 0 Å². The molecule has 1 amide bonds. The van der Waals surface area contributed by atoms with E-state index < -0.39 is 41.7 Å². The van der Waals surface area contributed by atoms with Crippen molar-refractivity contribution in [2.75, 3.05) is 14.2 Å². The van der Waals surface area contributed by atoms with E-state index >= 15 is 0 Å². The highest BCUT2D eigenvalue weighted by Crippen LogP contribution is 2.29. The summed E-state index contributed by atoms with van der Waals surface area (Å²) in [6, 6.07) is 14.9. The highest BCUT2D eigenvalue weighted by molar-refractivity contribution is 6.18. The molecule has 0 radical (unpaired) electrons. The van der Waals surface area contributed by atoms with Crippen LogP contribution in [0.2, 0.25) is 0 Å². The minimum atomic E-state index is -1.55. The molecule has 0 aliphatic rings. The molecular weight excluding hydrogens is 414 g/mol. The Morgan fingerprint density at radius 3 is 1.75 bits per heavy atom. The fraction of sp³-hybridized carbons (Fsp3) is 0.250. The Balaban J connectivity index is 2.06. The van der Waals surface area contributed by atoms with E-state index in [0.29, 0.717) is 16.3 Å². The molecule has 0 aliphatic heterocycles. The third-order valence-electron chi connectivity index (χ3n) is 5.51. The number of carbonyl (C=O) groups is 4. The summed E-state index contributed by atoms with van der Waals surface area (Å²) in [6.07, 6.45) is 0. The van der Waals surface area contributed by atoms with Gasteiger partial charge in [0.15, 0.2) is 5.92 Å². The Morgan fingerprint density at radius 2 is 1.31 bits per heavy atom. The van der Waals surface area contributed by atoms with Crippen molar-refractivity contribution in [1.29, 1.82) is 0 Å². The molecule has 8 heteroatoms. The molecular formula is C24H23NO7. The zero-order valence-corrected chi connectivity index (χ0v) is 17.8. The van der Waals surface area contributed by atoms with E-state index in [2.05, 4.69) is 14.8 Å². The third-order valence-corrected chi connectivity index (χ3v) is 5.51. The predicted octanol–water partition coefficient (Wildman–Crippen LogP) is 2.77. The summed E-state index contributed by atoms with van der Waals surface area (Å²) in [5.74, 6) is -6.58. The maximum Gasteiger partial charge on any atom is 0.326 e. The van der Waals surface area contributed by atoms with Crippen molar-refractivity contribution in [1.82, 2.24) is 5.32 Å². The second-order valence-corrected chi connectivity index (χ2v) is 7.37. The molecule has 0 bridgehead atoms. The summed E-state index contributed by atoms with van der Waals surface area (Å²) in [7, 11) is 2.17. The number of carboxylic acid groups (broad SMARTS) is 1. The van der Waals surface area contributed by atoms with E-state index in [-0.39, 0.29) is 0 Å². The van der Waals surface area contributed by atoms with E-state index in [1.54, 1.807) is 24.3 Å². The van der Waals surface area contributed by atoms with Crippen LogP contribution in [-0.4, -0.2) is 49.2 Å². The second kappa shape index (κ2) is 9.47. The summed E-state index contributed by atoms with van der Waals surface area (Å²) in [5, 5.41) is 15.2. The van der Waals surface area contributed by atoms with Crippen LogP contribution in [0.25, 0.3) is 21.5 Å². The van der Waals surface area contributed by atoms with Gasteiger partial charge in [-0.15, -0.1) is 0 Å². The molecule has 0 fully saturated rings. The molecule has 32 heavy (non-hydrogen) atoms. The van der Waals surface area contributed by atoms with E-state index in [0.717, 1.165) is 25.0 Å². The largest absolute Gasteiger partial charge is 0.480 e. The normalized spacial score (nSPS) is 12.9. The number of nitrogens with one attached hydrogen (secondary N) is 1. The minimum Gasteiger partial charge on any atom is -0.480 e. The van der Waals surface area contributed by atoms with Crippen molar-refractivity contribution in [3.8, 4) is 0 Å². The molecule has 2 atom stereocenters. The number of carbonyl (C=O) groups excluding carboxylic acids is 3. The SMILES string of the molecule is COC(=O)C(C(=O)OC)[C@@H](C)[C@@H](NC(=O)c1c2ccccc2cc2ccccc12)C(=O)O. The number of esters is 2. The lowest BCUT2D eigenvalue weighted by Gasteiger charge is -2.26. The van der Waals surface area contributed by atoms with Crippen molar-refractivity contribution in [3.05, 3.63) is 60.2 Å². The average Bonchev–Trinajstić information content (AvgIpc) is 2.80. The summed E-state index contributed by atoms with van der Waals surface area (Å²) in [5.41, 5.74) is 0.310. The van der Waals surface area contributed by atoms with Crippen LogP contribution in [0.3, 0.4) is 0 Å². The Labute approximate surface area is 184 Å². The Bertz CT molecular complexity index is 1130. The summed E-state index contributed by atoms with van der Waals surface area (Å²) < 4.78 is 9.29. The second-order valence-electron chi connectivity index (χ2n) is 7.37. The highest BCUT2D eigenvalue weighted by Gasteiger charge is 2.42. The molecule has 0 saturated heterocycles. The number of hydrogen-bond donors (Lipinski definition) is 2. The van der Waals surface area contributed by atoms with Gasteiger partial charge in [-0.2, -0.15) is 0 Å². The highest BCUT2D eigenvalue weighted by atomic mass is 16.5. The number of rotatable bonds is 7. The molecule has 3 aromatic carbocycles. The Kier molecular flexibility index (Phi) is 6.73. The van der Waals surface area contributed by atoms with E-state index in [1.807, 2.05) is 30.3 Å². The van der Waals surface area contributed by atoms with Gasteiger partial charge in [-0.05, 0) is 27.6 Å². The first kappa shape index (κ1) is 22.7. The summed E-state index contributed by atoms with van der Waals surface area (Å²) >= 11 is 0. The van der Waals surface area contributed by atoms with Gasteiger partial charge >= 0.3 is 17.9 Å². The Morgan fingerprint density at radius 1 is 0.844 bits per heavy atom. The van der Waals surface area contributed by atoms with Gasteiger partial charge in [0.25, 0.3) is 5.91 Å². The zero-order chi connectivity index (χ0) is 23.4. The van der Waals surface area contributed by atoms with Crippen LogP contribution in [0.5, 0.6) is 0 Å². The fourth-order valence-electron chi connectivity index (χ4n) is 3.86. The number of methoxy groups -OCH3 is 2. The van der Waals surface area contributed by atoms with Crippen LogP contribution in [-0.2, 0) is 23.9 Å². The molecule has 0 saturated carbocycles. The first-order valence-corrected chi connectivity index (χ1v) is 9.90. The van der Waals surface area contributed by atoms with Gasteiger partial charge in [0, 0.05) is 5.92 Å². The predicted molar refractivity (Wildman–Crippen MR) is 117 cm³/mol. The molecule has 2 N–H and O–H groups in total. The van der Waals surface area contributed by atoms with Crippen molar-refractivity contribution >= 4 is 45.4 Å². The monoisotopic (exact) mass is 437 g/mol. The zero-order valence-electron chi connectivity index (χ0n) is 17.8. The average molecular weight is 437 g/mol. The summed E-state index contributed by atoms with van der Waals surface area (Å²) in [4.78, 5) is 49.7. The molecule has 3 aromatic rings. The van der Waals surface area contributed by atoms with Gasteiger partial charge in [0.05, 0.1) is 19.8 Å². The van der Waals surface area contributed by atoms with Crippen molar-refractivity contribution in [2.45, 2.75) is 13.0 Å². The standard InChI is InChI=1S/C24H23NO7/c1-13(18(23(29)31-2)24(30)32-3)20(22(27)28)25-21(26)19-16-10-6-4-8-14(16)12-15-9-5-7-11-17(15)19/h4-13,18,20H,1-3H3,(H,25,26)(H,27,28)/t13-,20-/m1/s1. The number of aliphatic carboxylic acids is 1. The van der Waals surface area contributed by atoms with Crippen LogP contribution in [0.15, 0.2) is 54.6 Å². The van der Waals surface area contributed by atoms with Gasteiger partial charge in [0.2, 0.25) is 0 Å². The van der Waals surface area contributed by atoms with Gasteiger partial charge in [-0.25, -0.2) is 4.79 Å². The quantitative estimate of drug-likeness (QED) is 0.331. The molecule has 8 nitrogen and oxygen atoms in total. The van der Waals surface area contributed by atoms with Crippen LogP contribution >= 0.6 is 0 Å². The van der Waals surface area contributed by atoms with Crippen molar-refractivity contribution in [2.24, 2.45) is 11.8 Å². The molecule has 0 aliphatic carbocycles. The van der Waals surface area contributed by atoms with E-state index in [1.165, 1.54) is 6.92 Å². The lowest BCUT2D eigenvalue weighted by atomic mass is 9.86. The molecule has 0 aromatic heterocycles. The number of carboxylic acids is 1. The fourth-order valence-corrected chi connectivity index (χ4v) is 3.86. The number of hydrogen-bond acceptors (Lipinski definition) is 6. The van der Waals surface area contributed by atoms with Crippen LogP contribution in [0, 0.1) is 11.8 Å². The van der Waals surface area contributed by atoms with Gasteiger partial charge in [-0.3, -0.25) is 14.4 Å². The van der Waals surface area contributed by atoms with Gasteiger partial charge in [-0.1, -0.05) is 55.5 Å². The lowest BCUT2D eigenvalue weighted by Crippen LogP contribution is -2.50. The molecule has 166 valence electrons. The molecule has 0 spiro atoms. The van der Waals surface area contributed by atoms with Crippen LogP contribution < -0.4 is 5.32 Å². The van der Waals surface area contributed by atoms with Gasteiger partial charge in [0.1, 0.15) is 6.04 Å². The van der Waals surface area contributed by atoms with E-state index in [4.69, 9.17) is 0 Å². The maximum atomic E-state index is 13.4. The molecule has 0 unspecified atom stereocenters. The van der Waals surface area contributed by atoms with Crippen molar-refractivity contribution < 1.29 is 33.8 Å². The maximum absolute atomic E-state index is 13.4. The van der Waals surface area contributed by atoms with E-state index in [9.17, 15) is 24.3 Å². The van der Waals surface area contributed by atoms with Crippen LogP contribution in [0.4, 0.5) is 0 Å². The molecule has 0 heterocycles. The van der Waals surface area contributed by atoms with Gasteiger partial charge < -0.3 is 19.9 Å². The Hall–Kier alpha value is -3.94. The first-order valence-electron chi connectivity index (χ1n) is 9.90. The number of amides is 1. The minimum absolute atomic E-state index is 0.310. The smallest absolute Gasteiger partial charge is 0.326 e. The number of ether oxygens (including phenoxy) is 2.